The molecule has 0 heterocycles. The lowest BCUT2D eigenvalue weighted by molar-refractivity contribution is -0.425. The van der Waals surface area contributed by atoms with Gasteiger partial charge in [0.05, 0.1) is 18.2 Å². The Morgan fingerprint density at radius 2 is 1.66 bits per heavy atom. The molecule has 0 saturated heterocycles. The number of carboxylic acids is 1. The summed E-state index contributed by atoms with van der Waals surface area (Å²) in [5.74, 6) is 1.29. The van der Waals surface area contributed by atoms with E-state index in [0.717, 1.165) is 31.7 Å². The Kier molecular flexibility index (Phi) is 8.60. The number of carboxylic acid groups (broad SMARTS) is 1. The molecule has 5 aliphatic carbocycles. The molecule has 0 aromatic carbocycles. The number of aliphatic hydroxyl groups excluding tert-OH is 2. The fraction of sp³-hybridized carbons (Fsp3) is 0.967. The van der Waals surface area contributed by atoms with E-state index in [1.54, 1.807) is 0 Å². The van der Waals surface area contributed by atoms with E-state index < -0.39 is 5.97 Å². The summed E-state index contributed by atoms with van der Waals surface area (Å²) >= 11 is 0. The van der Waals surface area contributed by atoms with Crippen LogP contribution < -0.4 is 10.8 Å². The van der Waals surface area contributed by atoms with Crippen LogP contribution in [0, 0.1) is 46.3 Å². The Morgan fingerprint density at radius 3 is 2.29 bits per heavy atom. The second-order valence-electron chi connectivity index (χ2n) is 13.7. The first kappa shape index (κ1) is 27.4. The molecule has 0 aromatic heterocycles. The third-order valence-electron chi connectivity index (χ3n) is 12.0. The Balaban J connectivity index is 0.000000356. The van der Waals surface area contributed by atoms with Crippen LogP contribution in [0.25, 0.3) is 0 Å². The van der Waals surface area contributed by atoms with Gasteiger partial charge >= 0.3 is 0 Å². The summed E-state index contributed by atoms with van der Waals surface area (Å²) in [6.07, 6.45) is 16.1. The van der Waals surface area contributed by atoms with Gasteiger partial charge in [0.25, 0.3) is 0 Å². The first-order valence-corrected chi connectivity index (χ1v) is 15.0. The standard InChI is InChI=1S/C24H40O4.C6H13N/c1-14(7-10-21(27)28)16-8-9-17-22-18(13-20(26)24(16,17)3)23(2)11-5-4-6-15(23)12-19(22)25;7-6-4-2-1-3-5-6/h14-20,22,25-26H,4-13H2,1-3H3,(H,27,28);6H,1-5,7H2. The van der Waals surface area contributed by atoms with Crippen LogP contribution in [0.4, 0.5) is 0 Å². The van der Waals surface area contributed by atoms with Gasteiger partial charge in [-0.15, -0.1) is 0 Å². The molecule has 5 rings (SSSR count). The second kappa shape index (κ2) is 11.0. The molecular formula is C30H53NO4. The molecule has 5 saturated carbocycles. The maximum Gasteiger partial charge on any atom is 0.0843 e. The van der Waals surface area contributed by atoms with Crippen LogP contribution in [0.3, 0.4) is 0 Å². The normalized spacial score (nSPS) is 46.4. The molecule has 5 fully saturated rings. The van der Waals surface area contributed by atoms with Crippen molar-refractivity contribution in [2.45, 2.75) is 135 Å². The van der Waals surface area contributed by atoms with Crippen molar-refractivity contribution < 1.29 is 25.8 Å². The van der Waals surface area contributed by atoms with Crippen molar-refractivity contribution in [3.05, 3.63) is 0 Å². The summed E-state index contributed by atoms with van der Waals surface area (Å²) in [5.41, 5.74) is 4.06. The zero-order valence-corrected chi connectivity index (χ0v) is 22.7. The summed E-state index contributed by atoms with van der Waals surface area (Å²) in [6, 6.07) is 0.786. The van der Waals surface area contributed by atoms with Gasteiger partial charge in [-0.3, -0.25) is 0 Å². The maximum absolute atomic E-state index is 11.5. The molecule has 35 heavy (non-hydrogen) atoms. The Bertz CT molecular complexity index is 723. The summed E-state index contributed by atoms with van der Waals surface area (Å²) < 4.78 is 0. The van der Waals surface area contributed by atoms with E-state index in [9.17, 15) is 20.1 Å². The summed E-state index contributed by atoms with van der Waals surface area (Å²) in [6.45, 7) is 6.84. The summed E-state index contributed by atoms with van der Waals surface area (Å²) in [7, 11) is 0. The molecule has 0 bridgehead atoms. The van der Waals surface area contributed by atoms with Gasteiger partial charge in [0.2, 0.25) is 0 Å². The lowest BCUT2D eigenvalue weighted by Gasteiger charge is -2.63. The quantitative estimate of drug-likeness (QED) is 0.557. The third kappa shape index (κ3) is 5.21. The van der Waals surface area contributed by atoms with Crippen LogP contribution in [-0.2, 0) is 4.79 Å². The molecule has 5 N–H and O–H groups in total. The number of fused-ring (bicyclic) bond motifs is 5. The van der Waals surface area contributed by atoms with E-state index in [2.05, 4.69) is 26.5 Å². The molecule has 10 atom stereocenters. The van der Waals surface area contributed by atoms with Gasteiger partial charge in [0.15, 0.2) is 0 Å². The molecule has 0 amide bonds. The average molecular weight is 492 g/mol. The van der Waals surface area contributed by atoms with Gasteiger partial charge in [-0.2, -0.15) is 0 Å². The highest BCUT2D eigenvalue weighted by Gasteiger charge is 2.65. The molecule has 5 heteroatoms. The largest absolute Gasteiger partial charge is 0.550 e. The number of quaternary nitrogens is 1. The molecular weight excluding hydrogens is 438 g/mol. The smallest absolute Gasteiger partial charge is 0.0843 e. The third-order valence-corrected chi connectivity index (χ3v) is 12.0. The summed E-state index contributed by atoms with van der Waals surface area (Å²) in [4.78, 5) is 11.0. The van der Waals surface area contributed by atoms with Crippen LogP contribution in [-0.4, -0.2) is 34.4 Å². The van der Waals surface area contributed by atoms with Gasteiger partial charge in [0, 0.05) is 5.97 Å². The Morgan fingerprint density at radius 1 is 0.971 bits per heavy atom. The molecule has 10 unspecified atom stereocenters. The highest BCUT2D eigenvalue weighted by Crippen LogP contribution is 2.68. The molecule has 0 spiro atoms. The number of aliphatic hydroxyl groups is 2. The number of hydrogen-bond acceptors (Lipinski definition) is 4. The van der Waals surface area contributed by atoms with Gasteiger partial charge in [-0.05, 0) is 123 Å². The van der Waals surface area contributed by atoms with Crippen LogP contribution in [0.1, 0.15) is 117 Å². The number of carbonyl (C=O) groups excluding carboxylic acids is 1. The van der Waals surface area contributed by atoms with E-state index in [1.165, 1.54) is 57.8 Å². The molecule has 0 radical (unpaired) electrons. The fourth-order valence-electron chi connectivity index (χ4n) is 9.92. The van der Waals surface area contributed by atoms with E-state index in [1.807, 2.05) is 0 Å². The predicted octanol–water partition coefficient (Wildman–Crippen LogP) is 3.70. The highest BCUT2D eigenvalue weighted by atomic mass is 16.4. The van der Waals surface area contributed by atoms with E-state index >= 15 is 0 Å². The molecule has 5 nitrogen and oxygen atoms in total. The lowest BCUT2D eigenvalue weighted by Crippen LogP contribution is -2.61. The predicted molar refractivity (Wildman–Crippen MR) is 136 cm³/mol. The van der Waals surface area contributed by atoms with E-state index in [-0.39, 0.29) is 35.4 Å². The first-order chi connectivity index (χ1) is 16.6. The minimum atomic E-state index is -0.977. The number of rotatable bonds is 4. The van der Waals surface area contributed by atoms with Crippen molar-refractivity contribution in [1.29, 1.82) is 0 Å². The van der Waals surface area contributed by atoms with Crippen molar-refractivity contribution in [1.82, 2.24) is 0 Å². The van der Waals surface area contributed by atoms with Crippen molar-refractivity contribution in [2.75, 3.05) is 0 Å². The number of hydrogen-bond donors (Lipinski definition) is 3. The highest BCUT2D eigenvalue weighted by molar-refractivity contribution is 5.64. The molecule has 202 valence electrons. The van der Waals surface area contributed by atoms with Gasteiger partial charge in [-0.25, -0.2) is 0 Å². The minimum Gasteiger partial charge on any atom is -0.550 e. The molecule has 0 aliphatic heterocycles. The fourth-order valence-corrected chi connectivity index (χ4v) is 9.92. The van der Waals surface area contributed by atoms with Gasteiger partial charge < -0.3 is 25.8 Å². The number of aliphatic carboxylic acids is 1. The summed E-state index contributed by atoms with van der Waals surface area (Å²) in [5, 5.41) is 33.6. The van der Waals surface area contributed by atoms with Crippen molar-refractivity contribution in [3.8, 4) is 0 Å². The van der Waals surface area contributed by atoms with Crippen molar-refractivity contribution >= 4 is 5.97 Å². The number of carbonyl (C=O) groups is 1. The zero-order chi connectivity index (χ0) is 25.4. The van der Waals surface area contributed by atoms with Crippen LogP contribution >= 0.6 is 0 Å². The SMILES string of the molecule is CC(CCC(=O)[O-])C1CCC2C3C(O)CC4CCCCC4(C)C3CC(O)C12C.[NH3+]C1CCCCC1. The minimum absolute atomic E-state index is 0.100. The van der Waals surface area contributed by atoms with E-state index in [0.29, 0.717) is 36.0 Å². The van der Waals surface area contributed by atoms with Gasteiger partial charge in [-0.1, -0.05) is 40.0 Å². The monoisotopic (exact) mass is 491 g/mol. The average Bonchev–Trinajstić information content (AvgIpc) is 3.18. The van der Waals surface area contributed by atoms with Crippen LogP contribution in [0.2, 0.25) is 0 Å². The van der Waals surface area contributed by atoms with Crippen molar-refractivity contribution in [2.24, 2.45) is 46.3 Å². The first-order valence-electron chi connectivity index (χ1n) is 15.0. The second-order valence-corrected chi connectivity index (χ2v) is 13.7. The molecule has 5 aliphatic rings. The Labute approximate surface area is 213 Å². The topological polar surface area (TPSA) is 108 Å². The van der Waals surface area contributed by atoms with Crippen LogP contribution in [0.15, 0.2) is 0 Å². The lowest BCUT2D eigenvalue weighted by atomic mass is 9.43. The molecule has 0 aromatic rings. The zero-order valence-electron chi connectivity index (χ0n) is 22.7. The Hall–Kier alpha value is -0.650. The van der Waals surface area contributed by atoms with Gasteiger partial charge in [0.1, 0.15) is 0 Å². The van der Waals surface area contributed by atoms with E-state index in [4.69, 9.17) is 0 Å². The van der Waals surface area contributed by atoms with Crippen molar-refractivity contribution in [3.63, 3.8) is 0 Å². The maximum atomic E-state index is 11.5. The van der Waals surface area contributed by atoms with Crippen LogP contribution in [0.5, 0.6) is 0 Å².